The summed E-state index contributed by atoms with van der Waals surface area (Å²) in [5, 5.41) is 4.32. The molecule has 2 heterocycles. The molecule has 1 aliphatic carbocycles. The molecular formula is C17H23N3O4. The number of piperidine rings is 1. The number of carbonyl (C=O) groups excluding carboxylic acids is 2. The van der Waals surface area contributed by atoms with Crippen molar-refractivity contribution in [1.29, 1.82) is 0 Å². The molecule has 24 heavy (non-hydrogen) atoms. The normalized spacial score (nSPS) is 18.5. The third-order valence-corrected chi connectivity index (χ3v) is 4.64. The van der Waals surface area contributed by atoms with Gasteiger partial charge in [-0.05, 0) is 38.7 Å². The van der Waals surface area contributed by atoms with E-state index >= 15 is 0 Å². The fraction of sp³-hybridized carbons (Fsp3) is 0.647. The number of likely N-dealkylation sites (tertiary alicyclic amines) is 1. The lowest BCUT2D eigenvalue weighted by atomic mass is 9.97. The molecule has 0 radical (unpaired) electrons. The van der Waals surface area contributed by atoms with Crippen LogP contribution >= 0.6 is 0 Å². The molecule has 0 spiro atoms. The van der Waals surface area contributed by atoms with Gasteiger partial charge < -0.3 is 9.64 Å². The average Bonchev–Trinajstić information content (AvgIpc) is 3.42. The zero-order valence-electron chi connectivity index (χ0n) is 13.9. The van der Waals surface area contributed by atoms with E-state index in [1.165, 1.54) is 10.7 Å². The van der Waals surface area contributed by atoms with Crippen LogP contribution in [0, 0.1) is 5.92 Å². The van der Waals surface area contributed by atoms with Gasteiger partial charge in [-0.15, -0.1) is 0 Å². The van der Waals surface area contributed by atoms with E-state index in [0.717, 1.165) is 18.5 Å². The minimum Gasteiger partial charge on any atom is -0.466 e. The van der Waals surface area contributed by atoms with E-state index in [9.17, 15) is 14.4 Å². The van der Waals surface area contributed by atoms with Crippen LogP contribution in [0.2, 0.25) is 0 Å². The van der Waals surface area contributed by atoms with Gasteiger partial charge in [0.15, 0.2) is 0 Å². The monoisotopic (exact) mass is 333 g/mol. The van der Waals surface area contributed by atoms with Gasteiger partial charge in [-0.1, -0.05) is 0 Å². The van der Waals surface area contributed by atoms with Crippen LogP contribution in [-0.4, -0.2) is 46.3 Å². The van der Waals surface area contributed by atoms with Gasteiger partial charge >= 0.3 is 5.97 Å². The van der Waals surface area contributed by atoms with Gasteiger partial charge in [0.1, 0.15) is 6.54 Å². The SMILES string of the molecule is CCOC(=O)C1CCN(C(=O)Cn2nc(C3CC3)ccc2=O)CC1. The molecule has 7 heteroatoms. The van der Waals surface area contributed by atoms with Crippen molar-refractivity contribution in [2.45, 2.75) is 45.1 Å². The van der Waals surface area contributed by atoms with E-state index in [4.69, 9.17) is 4.74 Å². The Morgan fingerprint density at radius 1 is 1.21 bits per heavy atom. The van der Waals surface area contributed by atoms with Gasteiger partial charge in [0.2, 0.25) is 5.91 Å². The molecule has 3 rings (SSSR count). The highest BCUT2D eigenvalue weighted by atomic mass is 16.5. The summed E-state index contributed by atoms with van der Waals surface area (Å²) in [5.41, 5.74) is 0.637. The Balaban J connectivity index is 1.57. The molecule has 1 saturated heterocycles. The largest absolute Gasteiger partial charge is 0.466 e. The zero-order valence-corrected chi connectivity index (χ0v) is 13.9. The Bertz CT molecular complexity index is 673. The van der Waals surface area contributed by atoms with E-state index in [-0.39, 0.29) is 29.9 Å². The maximum Gasteiger partial charge on any atom is 0.309 e. The summed E-state index contributed by atoms with van der Waals surface area (Å²) in [7, 11) is 0. The summed E-state index contributed by atoms with van der Waals surface area (Å²) < 4.78 is 6.29. The van der Waals surface area contributed by atoms with Crippen molar-refractivity contribution in [1.82, 2.24) is 14.7 Å². The molecule has 0 unspecified atom stereocenters. The van der Waals surface area contributed by atoms with Gasteiger partial charge in [0.25, 0.3) is 5.56 Å². The first-order valence-corrected chi connectivity index (χ1v) is 8.61. The maximum absolute atomic E-state index is 12.4. The van der Waals surface area contributed by atoms with Crippen LogP contribution in [0.5, 0.6) is 0 Å². The average molecular weight is 333 g/mol. The number of ether oxygens (including phenoxy) is 1. The van der Waals surface area contributed by atoms with E-state index < -0.39 is 0 Å². The van der Waals surface area contributed by atoms with Crippen LogP contribution in [0.3, 0.4) is 0 Å². The number of aromatic nitrogens is 2. The number of nitrogens with zero attached hydrogens (tertiary/aromatic N) is 3. The van der Waals surface area contributed by atoms with Crippen molar-refractivity contribution in [2.75, 3.05) is 19.7 Å². The summed E-state index contributed by atoms with van der Waals surface area (Å²) in [6, 6.07) is 3.24. The van der Waals surface area contributed by atoms with Gasteiger partial charge in [-0.2, -0.15) is 5.10 Å². The van der Waals surface area contributed by atoms with Gasteiger partial charge in [0.05, 0.1) is 18.2 Å². The first-order chi connectivity index (χ1) is 11.6. The van der Waals surface area contributed by atoms with Crippen LogP contribution in [0.15, 0.2) is 16.9 Å². The molecule has 0 bridgehead atoms. The molecular weight excluding hydrogens is 310 g/mol. The molecule has 0 aromatic carbocycles. The Hall–Kier alpha value is -2.18. The number of rotatable bonds is 5. The molecule has 2 aliphatic rings. The van der Waals surface area contributed by atoms with Gasteiger partial charge in [-0.25, -0.2) is 4.68 Å². The van der Waals surface area contributed by atoms with E-state index in [2.05, 4.69) is 5.10 Å². The summed E-state index contributed by atoms with van der Waals surface area (Å²) in [5.74, 6) is -0.000192. The number of esters is 1. The second-order valence-corrected chi connectivity index (χ2v) is 6.44. The van der Waals surface area contributed by atoms with Crippen LogP contribution in [-0.2, 0) is 20.9 Å². The summed E-state index contributed by atoms with van der Waals surface area (Å²) in [6.45, 7) is 3.16. The van der Waals surface area contributed by atoms with Crippen LogP contribution < -0.4 is 5.56 Å². The molecule has 1 aromatic rings. The molecule has 1 amide bonds. The lowest BCUT2D eigenvalue weighted by Gasteiger charge is -2.30. The topological polar surface area (TPSA) is 81.5 Å². The fourth-order valence-electron chi connectivity index (χ4n) is 3.03. The minimum atomic E-state index is -0.255. The summed E-state index contributed by atoms with van der Waals surface area (Å²) in [4.78, 5) is 37.8. The zero-order chi connectivity index (χ0) is 17.1. The van der Waals surface area contributed by atoms with E-state index in [1.807, 2.05) is 0 Å². The van der Waals surface area contributed by atoms with Gasteiger partial charge in [0, 0.05) is 25.1 Å². The van der Waals surface area contributed by atoms with Crippen molar-refractivity contribution in [3.8, 4) is 0 Å². The lowest BCUT2D eigenvalue weighted by Crippen LogP contribution is -2.43. The minimum absolute atomic E-state index is 0.0382. The van der Waals surface area contributed by atoms with Crippen molar-refractivity contribution >= 4 is 11.9 Å². The molecule has 7 nitrogen and oxygen atoms in total. The smallest absolute Gasteiger partial charge is 0.309 e. The first-order valence-electron chi connectivity index (χ1n) is 8.61. The third-order valence-electron chi connectivity index (χ3n) is 4.64. The highest BCUT2D eigenvalue weighted by Crippen LogP contribution is 2.38. The van der Waals surface area contributed by atoms with Crippen molar-refractivity contribution < 1.29 is 14.3 Å². The maximum atomic E-state index is 12.4. The second-order valence-electron chi connectivity index (χ2n) is 6.44. The molecule has 130 valence electrons. The molecule has 1 aromatic heterocycles. The summed E-state index contributed by atoms with van der Waals surface area (Å²) in [6.07, 6.45) is 3.41. The molecule has 2 fully saturated rings. The molecule has 0 N–H and O–H groups in total. The Morgan fingerprint density at radius 2 is 1.92 bits per heavy atom. The lowest BCUT2D eigenvalue weighted by molar-refractivity contribution is -0.151. The van der Waals surface area contributed by atoms with Crippen molar-refractivity contribution in [2.24, 2.45) is 5.92 Å². The highest BCUT2D eigenvalue weighted by molar-refractivity contribution is 5.77. The summed E-state index contributed by atoms with van der Waals surface area (Å²) >= 11 is 0. The molecule has 1 saturated carbocycles. The number of amides is 1. The standard InChI is InChI=1S/C17H23N3O4/c1-2-24-17(23)13-7-9-19(10-8-13)16(22)11-20-15(21)6-5-14(18-20)12-3-4-12/h5-6,12-13H,2-4,7-11H2,1H3. The van der Waals surface area contributed by atoms with Gasteiger partial charge in [-0.3, -0.25) is 14.4 Å². The number of hydrogen-bond donors (Lipinski definition) is 0. The van der Waals surface area contributed by atoms with Crippen LogP contribution in [0.1, 0.15) is 44.2 Å². The van der Waals surface area contributed by atoms with Crippen molar-refractivity contribution in [3.63, 3.8) is 0 Å². The first kappa shape index (κ1) is 16.7. The van der Waals surface area contributed by atoms with Crippen molar-refractivity contribution in [3.05, 3.63) is 28.2 Å². The number of hydrogen-bond acceptors (Lipinski definition) is 5. The highest BCUT2D eigenvalue weighted by Gasteiger charge is 2.29. The Kier molecular flexibility index (Phi) is 4.97. The number of carbonyl (C=O) groups is 2. The Morgan fingerprint density at radius 3 is 2.54 bits per heavy atom. The predicted molar refractivity (Wildman–Crippen MR) is 86.4 cm³/mol. The van der Waals surface area contributed by atoms with Crippen LogP contribution in [0.4, 0.5) is 0 Å². The fourth-order valence-corrected chi connectivity index (χ4v) is 3.03. The third kappa shape index (κ3) is 3.83. The Labute approximate surface area is 140 Å². The second kappa shape index (κ2) is 7.15. The van der Waals surface area contributed by atoms with Crippen LogP contribution in [0.25, 0.3) is 0 Å². The van der Waals surface area contributed by atoms with E-state index in [1.54, 1.807) is 17.9 Å². The molecule has 1 aliphatic heterocycles. The van der Waals surface area contributed by atoms with E-state index in [0.29, 0.717) is 38.5 Å². The predicted octanol–water partition coefficient (Wildman–Crippen LogP) is 0.922. The quantitative estimate of drug-likeness (QED) is 0.749. The molecule has 0 atom stereocenters.